The van der Waals surface area contributed by atoms with Crippen molar-refractivity contribution < 1.29 is 16.8 Å². The molecule has 3 unspecified atom stereocenters. The van der Waals surface area contributed by atoms with Crippen molar-refractivity contribution in [2.45, 2.75) is 17.1 Å². The highest BCUT2D eigenvalue weighted by Crippen LogP contribution is 2.46. The van der Waals surface area contributed by atoms with Crippen LogP contribution in [0.2, 0.25) is 0 Å². The van der Waals surface area contributed by atoms with Crippen LogP contribution in [-0.2, 0) is 25.5 Å². The van der Waals surface area contributed by atoms with E-state index < -0.39 is 35.6 Å². The molecule has 24 heavy (non-hydrogen) atoms. The fourth-order valence-electron chi connectivity index (χ4n) is 3.52. The van der Waals surface area contributed by atoms with Gasteiger partial charge in [0.2, 0.25) is 20.0 Å². The Morgan fingerprint density at radius 1 is 1.25 bits per heavy atom. The first-order valence-electron chi connectivity index (χ1n) is 7.06. The van der Waals surface area contributed by atoms with Gasteiger partial charge in [0.1, 0.15) is 5.25 Å². The molecule has 6 N–H and O–H groups in total. The van der Waals surface area contributed by atoms with Crippen LogP contribution in [0.25, 0.3) is 0 Å². The minimum atomic E-state index is -4.36. The van der Waals surface area contributed by atoms with Crippen molar-refractivity contribution >= 4 is 20.0 Å². The quantitative estimate of drug-likeness (QED) is 0.442. The van der Waals surface area contributed by atoms with Gasteiger partial charge >= 0.3 is 0 Å². The summed E-state index contributed by atoms with van der Waals surface area (Å²) in [5, 5.41) is 25.8. The smallest absolute Gasteiger partial charge is 0.235 e. The minimum Gasteiger partial charge on any atom is -0.316 e. The summed E-state index contributed by atoms with van der Waals surface area (Å²) >= 11 is 0. The van der Waals surface area contributed by atoms with Gasteiger partial charge in [-0.1, -0.05) is 17.4 Å². The largest absolute Gasteiger partial charge is 0.316 e. The summed E-state index contributed by atoms with van der Waals surface area (Å²) < 4.78 is 48.8. The van der Waals surface area contributed by atoms with Crippen molar-refractivity contribution in [1.29, 1.82) is 0 Å². The van der Waals surface area contributed by atoms with E-state index in [2.05, 4.69) is 25.9 Å². The summed E-state index contributed by atoms with van der Waals surface area (Å²) in [6.45, 7) is 1.09. The van der Waals surface area contributed by atoms with E-state index in [-0.39, 0.29) is 11.7 Å². The molecular formula is C11H17N7O4S2. The number of aromatic nitrogens is 4. The zero-order valence-electron chi connectivity index (χ0n) is 12.5. The first kappa shape index (κ1) is 17.2. The summed E-state index contributed by atoms with van der Waals surface area (Å²) in [6.07, 6.45) is 4.74. The van der Waals surface area contributed by atoms with Crippen LogP contribution in [0.3, 0.4) is 0 Å². The molecule has 1 aromatic rings. The molecule has 0 radical (unpaired) electrons. The Balaban J connectivity index is 2.31. The Morgan fingerprint density at radius 3 is 2.50 bits per heavy atom. The molecule has 2 heterocycles. The summed E-state index contributed by atoms with van der Waals surface area (Å²) in [5.41, 5.74) is -1.39. The van der Waals surface area contributed by atoms with Crippen LogP contribution < -0.4 is 15.6 Å². The Hall–Kier alpha value is -1.67. The number of nitrogens with two attached hydrogens (primary N) is 2. The number of hydrogen-bond acceptors (Lipinski definition) is 8. The van der Waals surface area contributed by atoms with E-state index in [1.807, 2.05) is 0 Å². The van der Waals surface area contributed by atoms with Crippen molar-refractivity contribution in [1.82, 2.24) is 25.9 Å². The lowest BCUT2D eigenvalue weighted by atomic mass is 9.69. The number of hydrogen-bond donors (Lipinski definition) is 4. The number of nitrogens with zero attached hydrogens (tertiary/aromatic N) is 3. The van der Waals surface area contributed by atoms with Crippen LogP contribution in [0.5, 0.6) is 0 Å². The summed E-state index contributed by atoms with van der Waals surface area (Å²) in [5.74, 6) is -0.249. The molecule has 1 aliphatic carbocycles. The van der Waals surface area contributed by atoms with Crippen molar-refractivity contribution in [2.75, 3.05) is 13.1 Å². The predicted molar refractivity (Wildman–Crippen MR) is 84.1 cm³/mol. The Bertz CT molecular complexity index is 885. The van der Waals surface area contributed by atoms with Crippen molar-refractivity contribution in [3.05, 3.63) is 29.0 Å². The van der Waals surface area contributed by atoms with Gasteiger partial charge in [0.25, 0.3) is 0 Å². The molecule has 1 fully saturated rings. The standard InChI is InChI=1S/C11H17N7O4S2/c12-23(19,20)8-2-1-4-11(7-3-5-14-6-7,9(8)24(13,21)22)10-15-17-18-16-10/h1-2,4,7,9,14H,3,5-6H2,(H2,12,19,20)(H2,13,21,22)(H,15,16,17,18). The number of primary sulfonamides is 2. The average Bonchev–Trinajstić information content (AvgIpc) is 3.18. The molecule has 1 aromatic heterocycles. The number of nitrogens with one attached hydrogen (secondary N) is 2. The lowest BCUT2D eigenvalue weighted by molar-refractivity contribution is 0.334. The van der Waals surface area contributed by atoms with Crippen LogP contribution in [-0.4, -0.2) is 55.8 Å². The van der Waals surface area contributed by atoms with Gasteiger partial charge in [-0.25, -0.2) is 27.1 Å². The molecule has 0 aromatic carbocycles. The molecule has 0 saturated carbocycles. The van der Waals surface area contributed by atoms with Gasteiger partial charge < -0.3 is 5.32 Å². The maximum absolute atomic E-state index is 12.4. The summed E-state index contributed by atoms with van der Waals surface area (Å²) in [4.78, 5) is -0.482. The summed E-state index contributed by atoms with van der Waals surface area (Å²) in [6, 6.07) is 0. The lowest BCUT2D eigenvalue weighted by Gasteiger charge is -2.41. The van der Waals surface area contributed by atoms with Gasteiger partial charge in [-0.05, 0) is 31.5 Å². The van der Waals surface area contributed by atoms with Crippen molar-refractivity contribution in [3.8, 4) is 0 Å². The molecule has 1 aliphatic heterocycles. The van der Waals surface area contributed by atoms with Crippen LogP contribution in [0.15, 0.2) is 23.1 Å². The molecular weight excluding hydrogens is 358 g/mol. The topological polar surface area (TPSA) is 187 Å². The molecule has 13 heteroatoms. The van der Waals surface area contributed by atoms with Crippen LogP contribution >= 0.6 is 0 Å². The maximum Gasteiger partial charge on any atom is 0.235 e. The van der Waals surface area contributed by atoms with Gasteiger partial charge in [-0.3, -0.25) is 0 Å². The van der Waals surface area contributed by atoms with Crippen molar-refractivity contribution in [3.63, 3.8) is 0 Å². The monoisotopic (exact) mass is 375 g/mol. The molecule has 11 nitrogen and oxygen atoms in total. The fourth-order valence-corrected chi connectivity index (χ4v) is 6.41. The van der Waals surface area contributed by atoms with E-state index in [0.29, 0.717) is 19.5 Å². The second-order valence-corrected chi connectivity index (χ2v) is 9.01. The second kappa shape index (κ2) is 5.70. The van der Waals surface area contributed by atoms with E-state index in [1.165, 1.54) is 6.08 Å². The van der Waals surface area contributed by atoms with E-state index in [1.54, 1.807) is 6.08 Å². The second-order valence-electron chi connectivity index (χ2n) is 5.80. The van der Waals surface area contributed by atoms with Crippen LogP contribution in [0, 0.1) is 5.92 Å². The highest BCUT2D eigenvalue weighted by Gasteiger charge is 2.57. The predicted octanol–water partition coefficient (Wildman–Crippen LogP) is -2.55. The average molecular weight is 375 g/mol. The van der Waals surface area contributed by atoms with E-state index in [4.69, 9.17) is 10.3 Å². The third-order valence-electron chi connectivity index (χ3n) is 4.45. The Labute approximate surface area is 138 Å². The third-order valence-corrected chi connectivity index (χ3v) is 6.93. The number of tetrazole rings is 1. The van der Waals surface area contributed by atoms with Gasteiger partial charge in [-0.15, -0.1) is 10.2 Å². The summed E-state index contributed by atoms with van der Waals surface area (Å²) in [7, 11) is -8.66. The number of rotatable bonds is 4. The zero-order chi connectivity index (χ0) is 17.6. The number of allylic oxidation sites excluding steroid dienone is 3. The van der Waals surface area contributed by atoms with Crippen LogP contribution in [0.4, 0.5) is 0 Å². The van der Waals surface area contributed by atoms with Gasteiger partial charge in [-0.2, -0.15) is 5.21 Å². The molecule has 1 saturated heterocycles. The SMILES string of the molecule is NS(=O)(=O)C1=CC=CC(c2nn[nH]n2)(C2CCNC2)C1S(N)(=O)=O. The first-order valence-corrected chi connectivity index (χ1v) is 10.2. The van der Waals surface area contributed by atoms with E-state index in [9.17, 15) is 16.8 Å². The van der Waals surface area contributed by atoms with Gasteiger partial charge in [0, 0.05) is 0 Å². The molecule has 3 rings (SSSR count). The molecule has 0 bridgehead atoms. The molecule has 2 aliphatic rings. The fraction of sp³-hybridized carbons (Fsp3) is 0.545. The maximum atomic E-state index is 12.4. The molecule has 3 atom stereocenters. The van der Waals surface area contributed by atoms with E-state index in [0.717, 1.165) is 6.08 Å². The lowest BCUT2D eigenvalue weighted by Crippen LogP contribution is -2.55. The normalized spacial score (nSPS) is 31.2. The number of aromatic amines is 1. The Morgan fingerprint density at radius 2 is 2.00 bits per heavy atom. The minimum absolute atomic E-state index is 0.0562. The van der Waals surface area contributed by atoms with Crippen molar-refractivity contribution in [2.24, 2.45) is 16.2 Å². The zero-order valence-corrected chi connectivity index (χ0v) is 14.1. The highest BCUT2D eigenvalue weighted by atomic mass is 32.2. The Kier molecular flexibility index (Phi) is 4.08. The molecule has 0 spiro atoms. The van der Waals surface area contributed by atoms with Gasteiger partial charge in [0.05, 0.1) is 10.3 Å². The molecule has 132 valence electrons. The number of sulfonamides is 2. The highest BCUT2D eigenvalue weighted by molar-refractivity contribution is 7.96. The van der Waals surface area contributed by atoms with Crippen LogP contribution in [0.1, 0.15) is 12.2 Å². The first-order chi connectivity index (χ1) is 11.2. The van der Waals surface area contributed by atoms with E-state index >= 15 is 0 Å². The molecule has 0 amide bonds. The van der Waals surface area contributed by atoms with Gasteiger partial charge in [0.15, 0.2) is 5.82 Å². The number of H-pyrrole nitrogens is 1. The third kappa shape index (κ3) is 2.67.